The van der Waals surface area contributed by atoms with Crippen LogP contribution in [0.1, 0.15) is 19.3 Å². The van der Waals surface area contributed by atoms with Gasteiger partial charge in [-0.1, -0.05) is 0 Å². The number of hydrogen-bond acceptors (Lipinski definition) is 3. The van der Waals surface area contributed by atoms with Crippen LogP contribution in [-0.2, 0) is 9.53 Å². The van der Waals surface area contributed by atoms with E-state index in [4.69, 9.17) is 9.84 Å². The van der Waals surface area contributed by atoms with Gasteiger partial charge in [-0.3, -0.25) is 4.79 Å². The van der Waals surface area contributed by atoms with Crippen molar-refractivity contribution >= 4 is 5.97 Å². The highest BCUT2D eigenvalue weighted by molar-refractivity contribution is 5.67. The Kier molecular flexibility index (Phi) is 3.49. The van der Waals surface area contributed by atoms with Gasteiger partial charge in [0.05, 0.1) is 19.1 Å². The van der Waals surface area contributed by atoms with Gasteiger partial charge in [0.1, 0.15) is 0 Å². The van der Waals surface area contributed by atoms with Crippen LogP contribution in [-0.4, -0.2) is 35.5 Å². The summed E-state index contributed by atoms with van der Waals surface area (Å²) in [5, 5.41) is 17.8. The summed E-state index contributed by atoms with van der Waals surface area (Å²) in [5.41, 5.74) is 0. The first-order valence-electron chi connectivity index (χ1n) is 4.17. The molecule has 0 aromatic heterocycles. The van der Waals surface area contributed by atoms with Crippen molar-refractivity contribution in [2.75, 3.05) is 13.2 Å². The molecule has 0 bridgehead atoms. The molecule has 0 aliphatic carbocycles. The molecular weight excluding hydrogens is 160 g/mol. The monoisotopic (exact) mass is 174 g/mol. The fraction of sp³-hybridized carbons (Fsp3) is 0.875. The van der Waals surface area contributed by atoms with E-state index >= 15 is 0 Å². The van der Waals surface area contributed by atoms with Crippen molar-refractivity contribution in [3.05, 3.63) is 0 Å². The molecule has 0 saturated carbocycles. The number of carboxylic acids is 1. The second kappa shape index (κ2) is 4.42. The molecule has 1 aliphatic heterocycles. The molecule has 2 N–H and O–H groups in total. The molecule has 12 heavy (non-hydrogen) atoms. The van der Waals surface area contributed by atoms with Crippen LogP contribution in [0, 0.1) is 5.92 Å². The maximum Gasteiger partial charge on any atom is 0.305 e. The van der Waals surface area contributed by atoms with Crippen LogP contribution in [0.4, 0.5) is 0 Å². The maximum atomic E-state index is 10.3. The van der Waals surface area contributed by atoms with E-state index in [0.29, 0.717) is 6.61 Å². The summed E-state index contributed by atoms with van der Waals surface area (Å²) in [5.74, 6) is -0.942. The summed E-state index contributed by atoms with van der Waals surface area (Å²) in [6, 6.07) is 0. The molecule has 2 atom stereocenters. The van der Waals surface area contributed by atoms with Crippen LogP contribution in [0.2, 0.25) is 0 Å². The zero-order chi connectivity index (χ0) is 8.97. The smallest absolute Gasteiger partial charge is 0.305 e. The van der Waals surface area contributed by atoms with Crippen molar-refractivity contribution in [2.45, 2.75) is 25.4 Å². The lowest BCUT2D eigenvalue weighted by Gasteiger charge is -2.25. The van der Waals surface area contributed by atoms with E-state index < -0.39 is 12.1 Å². The first-order chi connectivity index (χ1) is 5.70. The fourth-order valence-electron chi connectivity index (χ4n) is 1.41. The minimum atomic E-state index is -0.951. The van der Waals surface area contributed by atoms with E-state index in [1.165, 1.54) is 0 Å². The zero-order valence-corrected chi connectivity index (χ0v) is 6.90. The predicted molar refractivity (Wildman–Crippen MR) is 41.8 cm³/mol. The van der Waals surface area contributed by atoms with Crippen LogP contribution >= 0.6 is 0 Å². The number of hydrogen-bond donors (Lipinski definition) is 2. The molecule has 1 unspecified atom stereocenters. The van der Waals surface area contributed by atoms with Gasteiger partial charge in [0, 0.05) is 12.5 Å². The normalized spacial score (nSPS) is 26.6. The van der Waals surface area contributed by atoms with E-state index in [-0.39, 0.29) is 12.3 Å². The highest BCUT2D eigenvalue weighted by Crippen LogP contribution is 2.19. The first kappa shape index (κ1) is 9.48. The Hall–Kier alpha value is -0.610. The number of carboxylic acid groups (broad SMARTS) is 1. The van der Waals surface area contributed by atoms with Crippen molar-refractivity contribution in [2.24, 2.45) is 5.92 Å². The van der Waals surface area contributed by atoms with E-state index in [1.54, 1.807) is 0 Å². The van der Waals surface area contributed by atoms with Gasteiger partial charge in [0.2, 0.25) is 0 Å². The van der Waals surface area contributed by atoms with Gasteiger partial charge < -0.3 is 14.9 Å². The van der Waals surface area contributed by atoms with E-state index in [9.17, 15) is 9.90 Å². The molecule has 4 heteroatoms. The summed E-state index contributed by atoms with van der Waals surface area (Å²) in [6.07, 6.45) is 0.867. The molecule has 0 aromatic rings. The minimum Gasteiger partial charge on any atom is -0.481 e. The summed E-state index contributed by atoms with van der Waals surface area (Å²) in [6.45, 7) is 1.23. The molecule has 0 aromatic carbocycles. The van der Waals surface area contributed by atoms with Crippen molar-refractivity contribution in [1.29, 1.82) is 0 Å². The fourth-order valence-corrected chi connectivity index (χ4v) is 1.41. The number of ether oxygens (including phenoxy) is 1. The number of aliphatic hydroxyl groups excluding tert-OH is 1. The van der Waals surface area contributed by atoms with Gasteiger partial charge in [0.15, 0.2) is 0 Å². The molecule has 1 fully saturated rings. The number of aliphatic hydroxyl groups is 1. The van der Waals surface area contributed by atoms with Crippen LogP contribution < -0.4 is 0 Å². The van der Waals surface area contributed by atoms with Gasteiger partial charge >= 0.3 is 5.97 Å². The van der Waals surface area contributed by atoms with Crippen molar-refractivity contribution in [1.82, 2.24) is 0 Å². The Bertz CT molecular complexity index is 151. The molecule has 1 rings (SSSR count). The lowest BCUT2D eigenvalue weighted by Crippen LogP contribution is -2.30. The van der Waals surface area contributed by atoms with E-state index in [2.05, 4.69) is 0 Å². The van der Waals surface area contributed by atoms with Gasteiger partial charge in [-0.25, -0.2) is 0 Å². The van der Waals surface area contributed by atoms with Crippen LogP contribution in [0.15, 0.2) is 0 Å². The lowest BCUT2D eigenvalue weighted by atomic mass is 9.94. The van der Waals surface area contributed by atoms with E-state index in [1.807, 2.05) is 0 Å². The van der Waals surface area contributed by atoms with Crippen molar-refractivity contribution < 1.29 is 19.7 Å². The number of aliphatic carboxylic acids is 1. The molecular formula is C8H14O4. The predicted octanol–water partition coefficient (Wildman–Crippen LogP) is 0.249. The summed E-state index contributed by atoms with van der Waals surface area (Å²) < 4.78 is 5.13. The average Bonchev–Trinajstić information content (AvgIpc) is 2.05. The zero-order valence-electron chi connectivity index (χ0n) is 6.90. The van der Waals surface area contributed by atoms with Gasteiger partial charge in [-0.05, 0) is 12.8 Å². The van der Waals surface area contributed by atoms with Gasteiger partial charge in [0.25, 0.3) is 0 Å². The van der Waals surface area contributed by atoms with Crippen molar-refractivity contribution in [3.8, 4) is 0 Å². The Morgan fingerprint density at radius 2 is 2.42 bits per heavy atom. The molecule has 0 radical (unpaired) electrons. The van der Waals surface area contributed by atoms with Crippen molar-refractivity contribution in [3.63, 3.8) is 0 Å². The van der Waals surface area contributed by atoms with Gasteiger partial charge in [-0.15, -0.1) is 0 Å². The summed E-state index contributed by atoms with van der Waals surface area (Å²) in [7, 11) is 0. The topological polar surface area (TPSA) is 66.8 Å². The summed E-state index contributed by atoms with van der Waals surface area (Å²) >= 11 is 0. The highest BCUT2D eigenvalue weighted by Gasteiger charge is 2.23. The lowest BCUT2D eigenvalue weighted by molar-refractivity contribution is -0.140. The summed E-state index contributed by atoms with van der Waals surface area (Å²) in [4.78, 5) is 10.3. The molecule has 1 heterocycles. The minimum absolute atomic E-state index is 0.00912. The van der Waals surface area contributed by atoms with Gasteiger partial charge in [-0.2, -0.15) is 0 Å². The third-order valence-electron chi connectivity index (χ3n) is 2.12. The second-order valence-electron chi connectivity index (χ2n) is 3.14. The molecule has 0 spiro atoms. The van der Waals surface area contributed by atoms with Crippen LogP contribution in [0.5, 0.6) is 0 Å². The Morgan fingerprint density at radius 1 is 1.67 bits per heavy atom. The first-order valence-corrected chi connectivity index (χ1v) is 4.17. The SMILES string of the molecule is O=C(O)C[C@H](O)C1CCCOC1. The number of carbonyl (C=O) groups is 1. The molecule has 70 valence electrons. The average molecular weight is 174 g/mol. The second-order valence-corrected chi connectivity index (χ2v) is 3.14. The molecule has 4 nitrogen and oxygen atoms in total. The van der Waals surface area contributed by atoms with Crippen LogP contribution in [0.25, 0.3) is 0 Å². The van der Waals surface area contributed by atoms with Crippen LogP contribution in [0.3, 0.4) is 0 Å². The Labute approximate surface area is 71.2 Å². The Morgan fingerprint density at radius 3 is 2.92 bits per heavy atom. The number of rotatable bonds is 3. The van der Waals surface area contributed by atoms with E-state index in [0.717, 1.165) is 19.4 Å². The quantitative estimate of drug-likeness (QED) is 0.643. The highest BCUT2D eigenvalue weighted by atomic mass is 16.5. The third-order valence-corrected chi connectivity index (χ3v) is 2.12. The standard InChI is InChI=1S/C8H14O4/c9-7(4-8(10)11)6-2-1-3-12-5-6/h6-7,9H,1-5H2,(H,10,11)/t6?,7-/m0/s1. The Balaban J connectivity index is 2.29. The largest absolute Gasteiger partial charge is 0.481 e. The maximum absolute atomic E-state index is 10.3. The molecule has 1 aliphatic rings. The third kappa shape index (κ3) is 2.79. The molecule has 0 amide bonds. The molecule has 1 saturated heterocycles.